The summed E-state index contributed by atoms with van der Waals surface area (Å²) in [6.45, 7) is 4.64. The van der Waals surface area contributed by atoms with Crippen LogP contribution in [0, 0.1) is 0 Å². The molecule has 0 amide bonds. The van der Waals surface area contributed by atoms with E-state index in [1.807, 2.05) is 18.7 Å². The van der Waals surface area contributed by atoms with Crippen LogP contribution in [0.1, 0.15) is 30.7 Å². The SMILES string of the molecule is c1ccc(C2CCCN(CCn3ccnc3)CC2)cc1. The lowest BCUT2D eigenvalue weighted by atomic mass is 9.92. The number of aromatic nitrogens is 2. The maximum Gasteiger partial charge on any atom is 0.0946 e. The van der Waals surface area contributed by atoms with Crippen LogP contribution < -0.4 is 0 Å². The van der Waals surface area contributed by atoms with Gasteiger partial charge in [0.1, 0.15) is 0 Å². The first-order valence-corrected chi connectivity index (χ1v) is 7.65. The zero-order valence-electron chi connectivity index (χ0n) is 12.0. The number of rotatable bonds is 4. The molecule has 1 aromatic carbocycles. The van der Waals surface area contributed by atoms with Gasteiger partial charge in [0, 0.05) is 25.5 Å². The standard InChI is InChI=1S/C17H23N3/c1-2-5-16(6-3-1)17-7-4-10-19(11-8-17)13-14-20-12-9-18-15-20/h1-3,5-6,9,12,15,17H,4,7-8,10-11,13-14H2. The van der Waals surface area contributed by atoms with Crippen molar-refractivity contribution in [2.75, 3.05) is 19.6 Å². The van der Waals surface area contributed by atoms with Crippen molar-refractivity contribution in [1.82, 2.24) is 14.5 Å². The highest BCUT2D eigenvalue weighted by atomic mass is 15.1. The molecule has 1 atom stereocenters. The fraction of sp³-hybridized carbons (Fsp3) is 0.471. The lowest BCUT2D eigenvalue weighted by Crippen LogP contribution is -2.28. The van der Waals surface area contributed by atoms with Crippen molar-refractivity contribution >= 4 is 0 Å². The van der Waals surface area contributed by atoms with Gasteiger partial charge in [-0.15, -0.1) is 0 Å². The van der Waals surface area contributed by atoms with E-state index in [-0.39, 0.29) is 0 Å². The summed E-state index contributed by atoms with van der Waals surface area (Å²) in [6, 6.07) is 11.0. The molecule has 1 fully saturated rings. The van der Waals surface area contributed by atoms with E-state index >= 15 is 0 Å². The summed E-state index contributed by atoms with van der Waals surface area (Å²) in [7, 11) is 0. The van der Waals surface area contributed by atoms with Gasteiger partial charge in [0.2, 0.25) is 0 Å². The Hall–Kier alpha value is -1.61. The van der Waals surface area contributed by atoms with Crippen LogP contribution in [-0.2, 0) is 6.54 Å². The van der Waals surface area contributed by atoms with Gasteiger partial charge in [-0.25, -0.2) is 4.98 Å². The van der Waals surface area contributed by atoms with E-state index in [0.717, 1.165) is 19.0 Å². The molecule has 2 aromatic rings. The van der Waals surface area contributed by atoms with Crippen LogP contribution >= 0.6 is 0 Å². The third kappa shape index (κ3) is 3.48. The van der Waals surface area contributed by atoms with Crippen LogP contribution in [0.3, 0.4) is 0 Å². The van der Waals surface area contributed by atoms with Gasteiger partial charge in [-0.3, -0.25) is 0 Å². The quantitative estimate of drug-likeness (QED) is 0.850. The molecule has 0 bridgehead atoms. The fourth-order valence-electron chi connectivity index (χ4n) is 3.11. The van der Waals surface area contributed by atoms with E-state index in [2.05, 4.69) is 44.8 Å². The molecule has 1 aliphatic heterocycles. The van der Waals surface area contributed by atoms with E-state index in [1.165, 1.54) is 37.9 Å². The highest BCUT2D eigenvalue weighted by Gasteiger charge is 2.17. The molecule has 20 heavy (non-hydrogen) atoms. The normalized spacial score (nSPS) is 20.7. The molecule has 1 aliphatic rings. The zero-order chi connectivity index (χ0) is 13.6. The second-order valence-corrected chi connectivity index (χ2v) is 5.68. The first kappa shape index (κ1) is 13.4. The molecule has 1 unspecified atom stereocenters. The molecule has 0 N–H and O–H groups in total. The number of hydrogen-bond donors (Lipinski definition) is 0. The van der Waals surface area contributed by atoms with Crippen LogP contribution in [0.2, 0.25) is 0 Å². The van der Waals surface area contributed by atoms with Gasteiger partial charge in [0.25, 0.3) is 0 Å². The summed E-state index contributed by atoms with van der Waals surface area (Å²) in [5, 5.41) is 0. The van der Waals surface area contributed by atoms with Crippen molar-refractivity contribution in [3.63, 3.8) is 0 Å². The molecule has 3 rings (SSSR count). The van der Waals surface area contributed by atoms with Gasteiger partial charge < -0.3 is 9.47 Å². The first-order chi connectivity index (χ1) is 9.92. The maximum atomic E-state index is 4.10. The van der Waals surface area contributed by atoms with Crippen LogP contribution in [0.15, 0.2) is 49.1 Å². The molecule has 1 saturated heterocycles. The van der Waals surface area contributed by atoms with E-state index in [0.29, 0.717) is 0 Å². The maximum absolute atomic E-state index is 4.10. The van der Waals surface area contributed by atoms with Gasteiger partial charge in [0.05, 0.1) is 6.33 Å². The summed E-state index contributed by atoms with van der Waals surface area (Å²) in [6.07, 6.45) is 9.73. The lowest BCUT2D eigenvalue weighted by Gasteiger charge is -2.20. The largest absolute Gasteiger partial charge is 0.336 e. The number of nitrogens with zero attached hydrogens (tertiary/aromatic N) is 3. The lowest BCUT2D eigenvalue weighted by molar-refractivity contribution is 0.272. The molecular weight excluding hydrogens is 246 g/mol. The minimum absolute atomic E-state index is 0.745. The van der Waals surface area contributed by atoms with Crippen molar-refractivity contribution < 1.29 is 0 Å². The minimum atomic E-state index is 0.745. The summed E-state index contributed by atoms with van der Waals surface area (Å²) in [5.74, 6) is 0.745. The van der Waals surface area contributed by atoms with Gasteiger partial charge in [-0.1, -0.05) is 30.3 Å². The Labute approximate surface area is 121 Å². The molecule has 0 aliphatic carbocycles. The second-order valence-electron chi connectivity index (χ2n) is 5.68. The Morgan fingerprint density at radius 1 is 1.05 bits per heavy atom. The average Bonchev–Trinajstić information content (AvgIpc) is 2.90. The number of likely N-dealkylation sites (tertiary alicyclic amines) is 1. The molecule has 0 radical (unpaired) electrons. The predicted octanol–water partition coefficient (Wildman–Crippen LogP) is 3.15. The second kappa shape index (κ2) is 6.71. The van der Waals surface area contributed by atoms with E-state index in [1.54, 1.807) is 0 Å². The number of hydrogen-bond acceptors (Lipinski definition) is 2. The Balaban J connectivity index is 1.52. The van der Waals surface area contributed by atoms with Crippen molar-refractivity contribution in [3.05, 3.63) is 54.6 Å². The molecule has 0 saturated carbocycles. The predicted molar refractivity (Wildman–Crippen MR) is 81.7 cm³/mol. The molecule has 2 heterocycles. The Kier molecular flexibility index (Phi) is 4.49. The van der Waals surface area contributed by atoms with E-state index in [4.69, 9.17) is 0 Å². The van der Waals surface area contributed by atoms with E-state index < -0.39 is 0 Å². The highest BCUT2D eigenvalue weighted by Crippen LogP contribution is 2.27. The fourth-order valence-corrected chi connectivity index (χ4v) is 3.11. The Morgan fingerprint density at radius 2 is 1.95 bits per heavy atom. The van der Waals surface area contributed by atoms with Crippen molar-refractivity contribution in [2.45, 2.75) is 31.7 Å². The van der Waals surface area contributed by atoms with Crippen molar-refractivity contribution in [2.24, 2.45) is 0 Å². The first-order valence-electron chi connectivity index (χ1n) is 7.65. The van der Waals surface area contributed by atoms with Crippen molar-refractivity contribution in [3.8, 4) is 0 Å². The number of imidazole rings is 1. The van der Waals surface area contributed by atoms with Gasteiger partial charge in [-0.05, 0) is 43.8 Å². The average molecular weight is 269 g/mol. The van der Waals surface area contributed by atoms with Crippen LogP contribution in [0.25, 0.3) is 0 Å². The molecule has 3 heteroatoms. The molecule has 106 valence electrons. The van der Waals surface area contributed by atoms with Gasteiger partial charge in [-0.2, -0.15) is 0 Å². The number of benzene rings is 1. The minimum Gasteiger partial charge on any atom is -0.336 e. The van der Waals surface area contributed by atoms with Gasteiger partial charge >= 0.3 is 0 Å². The topological polar surface area (TPSA) is 21.1 Å². The summed E-state index contributed by atoms with van der Waals surface area (Å²) >= 11 is 0. The highest BCUT2D eigenvalue weighted by molar-refractivity contribution is 5.19. The van der Waals surface area contributed by atoms with Crippen LogP contribution in [-0.4, -0.2) is 34.1 Å². The Morgan fingerprint density at radius 3 is 2.75 bits per heavy atom. The molecule has 3 nitrogen and oxygen atoms in total. The molecule has 0 spiro atoms. The molecular formula is C17H23N3. The monoisotopic (exact) mass is 269 g/mol. The van der Waals surface area contributed by atoms with Crippen LogP contribution in [0.5, 0.6) is 0 Å². The summed E-state index contributed by atoms with van der Waals surface area (Å²) < 4.78 is 2.17. The van der Waals surface area contributed by atoms with Crippen LogP contribution in [0.4, 0.5) is 0 Å². The Bertz CT molecular complexity index is 492. The van der Waals surface area contributed by atoms with E-state index in [9.17, 15) is 0 Å². The zero-order valence-corrected chi connectivity index (χ0v) is 12.0. The summed E-state index contributed by atoms with van der Waals surface area (Å²) in [4.78, 5) is 6.70. The third-order valence-electron chi connectivity index (χ3n) is 4.33. The third-order valence-corrected chi connectivity index (χ3v) is 4.33. The van der Waals surface area contributed by atoms with Crippen molar-refractivity contribution in [1.29, 1.82) is 0 Å². The summed E-state index contributed by atoms with van der Waals surface area (Å²) in [5.41, 5.74) is 1.52. The smallest absolute Gasteiger partial charge is 0.0946 e. The van der Waals surface area contributed by atoms with Gasteiger partial charge in [0.15, 0.2) is 0 Å². The molecule has 1 aromatic heterocycles.